The number of rotatable bonds is 1. The van der Waals surface area contributed by atoms with Crippen LogP contribution in [0.25, 0.3) is 0 Å². The molecule has 0 atom stereocenters. The summed E-state index contributed by atoms with van der Waals surface area (Å²) in [6.07, 6.45) is -0.600. The molecule has 1 amide bonds. The van der Waals surface area contributed by atoms with Gasteiger partial charge >= 0.3 is 6.09 Å². The minimum atomic E-state index is -0.600. The zero-order valence-corrected chi connectivity index (χ0v) is 10.2. The van der Waals surface area contributed by atoms with Gasteiger partial charge in [0.1, 0.15) is 17.2 Å². The molecule has 90 valence electrons. The summed E-state index contributed by atoms with van der Waals surface area (Å²) < 4.78 is 18.4. The summed E-state index contributed by atoms with van der Waals surface area (Å²) in [7, 11) is 0. The quantitative estimate of drug-likeness (QED) is 0.775. The Balaban J connectivity index is 2.74. The van der Waals surface area contributed by atoms with E-state index >= 15 is 0 Å². The molecule has 4 nitrogen and oxygen atoms in total. The minimum absolute atomic E-state index is 0.337. The fourth-order valence-electron chi connectivity index (χ4n) is 1.26. The van der Waals surface area contributed by atoms with Crippen LogP contribution in [0.1, 0.15) is 32.0 Å². The number of anilines is 1. The lowest BCUT2D eigenvalue weighted by molar-refractivity contribution is 0.0635. The first-order valence-corrected chi connectivity index (χ1v) is 5.05. The van der Waals surface area contributed by atoms with Gasteiger partial charge in [-0.05, 0) is 34.6 Å². The van der Waals surface area contributed by atoms with E-state index in [2.05, 4.69) is 10.3 Å². The summed E-state index contributed by atoms with van der Waals surface area (Å²) in [5.74, 6) is -0.00434. The highest BCUT2D eigenvalue weighted by Crippen LogP contribution is 2.20. The predicted molar refractivity (Wildman–Crippen MR) is 60.1 cm³/mol. The third-order valence-corrected chi connectivity index (χ3v) is 1.97. The molecular formula is C11H17FN2O2. The number of hydrogen-bond acceptors (Lipinski definition) is 2. The Morgan fingerprint density at radius 2 is 1.94 bits per heavy atom. The highest BCUT2D eigenvalue weighted by Gasteiger charge is 2.18. The SMILES string of the molecule is Cc1[nH]c(NC(=O)OC(C)(C)C)c(C)c1F. The van der Waals surface area contributed by atoms with Gasteiger partial charge in [-0.1, -0.05) is 0 Å². The van der Waals surface area contributed by atoms with Crippen molar-refractivity contribution in [1.29, 1.82) is 0 Å². The van der Waals surface area contributed by atoms with Crippen LogP contribution in [-0.4, -0.2) is 16.7 Å². The number of carbonyl (C=O) groups is 1. The smallest absolute Gasteiger partial charge is 0.413 e. The fourth-order valence-corrected chi connectivity index (χ4v) is 1.26. The molecule has 1 aromatic heterocycles. The average Bonchev–Trinajstić information content (AvgIpc) is 2.30. The number of aromatic nitrogens is 1. The monoisotopic (exact) mass is 228 g/mol. The molecule has 0 aliphatic carbocycles. The molecule has 0 saturated heterocycles. The third kappa shape index (κ3) is 2.98. The average molecular weight is 228 g/mol. The maximum Gasteiger partial charge on any atom is 0.413 e. The van der Waals surface area contributed by atoms with E-state index in [1.165, 1.54) is 0 Å². The lowest BCUT2D eigenvalue weighted by Crippen LogP contribution is -2.27. The van der Waals surface area contributed by atoms with E-state index in [0.717, 1.165) is 0 Å². The standard InChI is InChI=1S/C11H17FN2O2/c1-6-8(12)7(2)13-9(6)14-10(15)16-11(3,4)5/h13H,1-5H3,(H,14,15). The Labute approximate surface area is 94.2 Å². The van der Waals surface area contributed by atoms with Crippen LogP contribution in [0.2, 0.25) is 0 Å². The number of nitrogens with one attached hydrogen (secondary N) is 2. The van der Waals surface area contributed by atoms with Crippen LogP contribution in [0.4, 0.5) is 15.0 Å². The van der Waals surface area contributed by atoms with E-state index < -0.39 is 11.7 Å². The van der Waals surface area contributed by atoms with Crippen LogP contribution in [0.3, 0.4) is 0 Å². The Morgan fingerprint density at radius 3 is 2.31 bits per heavy atom. The van der Waals surface area contributed by atoms with E-state index in [0.29, 0.717) is 17.1 Å². The van der Waals surface area contributed by atoms with Crippen molar-refractivity contribution in [1.82, 2.24) is 4.98 Å². The maximum atomic E-state index is 13.3. The van der Waals surface area contributed by atoms with Crippen LogP contribution >= 0.6 is 0 Å². The zero-order chi connectivity index (χ0) is 12.5. The Hall–Kier alpha value is -1.52. The van der Waals surface area contributed by atoms with Crippen molar-refractivity contribution in [3.05, 3.63) is 17.1 Å². The summed E-state index contributed by atoms with van der Waals surface area (Å²) in [4.78, 5) is 14.2. The van der Waals surface area contributed by atoms with Crippen molar-refractivity contribution < 1.29 is 13.9 Å². The summed E-state index contributed by atoms with van der Waals surface area (Å²) in [6, 6.07) is 0. The lowest BCUT2D eigenvalue weighted by Gasteiger charge is -2.19. The second-order valence-corrected chi connectivity index (χ2v) is 4.69. The van der Waals surface area contributed by atoms with Gasteiger partial charge in [0.25, 0.3) is 0 Å². The number of amides is 1. The van der Waals surface area contributed by atoms with Gasteiger partial charge in [-0.15, -0.1) is 0 Å². The first kappa shape index (κ1) is 12.5. The Bertz CT molecular complexity index is 405. The number of aromatic amines is 1. The molecule has 0 aromatic carbocycles. The molecule has 1 aromatic rings. The van der Waals surface area contributed by atoms with Crippen molar-refractivity contribution in [2.75, 3.05) is 5.32 Å². The van der Waals surface area contributed by atoms with Crippen molar-refractivity contribution >= 4 is 11.9 Å². The number of H-pyrrole nitrogens is 1. The molecule has 0 fully saturated rings. The van der Waals surface area contributed by atoms with Crippen LogP contribution in [-0.2, 0) is 4.74 Å². The third-order valence-electron chi connectivity index (χ3n) is 1.97. The van der Waals surface area contributed by atoms with Crippen molar-refractivity contribution in [2.45, 2.75) is 40.2 Å². The van der Waals surface area contributed by atoms with Gasteiger partial charge in [-0.3, -0.25) is 5.32 Å². The van der Waals surface area contributed by atoms with Gasteiger partial charge in [0.2, 0.25) is 0 Å². The normalized spacial score (nSPS) is 11.4. The van der Waals surface area contributed by atoms with Crippen LogP contribution < -0.4 is 5.32 Å². The van der Waals surface area contributed by atoms with E-state index in [1.807, 2.05) is 0 Å². The summed E-state index contributed by atoms with van der Waals surface area (Å²) in [5.41, 5.74) is 0.199. The molecule has 0 saturated carbocycles. The topological polar surface area (TPSA) is 54.1 Å². The van der Waals surface area contributed by atoms with Gasteiger partial charge in [0.15, 0.2) is 0 Å². The largest absolute Gasteiger partial charge is 0.444 e. The van der Waals surface area contributed by atoms with E-state index in [4.69, 9.17) is 4.74 Å². The minimum Gasteiger partial charge on any atom is -0.444 e. The Morgan fingerprint density at radius 1 is 1.38 bits per heavy atom. The molecular weight excluding hydrogens is 211 g/mol. The molecule has 0 aliphatic rings. The lowest BCUT2D eigenvalue weighted by atomic mass is 10.2. The first-order chi connectivity index (χ1) is 7.20. The highest BCUT2D eigenvalue weighted by atomic mass is 19.1. The van der Waals surface area contributed by atoms with Crippen molar-refractivity contribution in [3.8, 4) is 0 Å². The maximum absolute atomic E-state index is 13.3. The van der Waals surface area contributed by atoms with Crippen molar-refractivity contribution in [2.24, 2.45) is 0 Å². The molecule has 5 heteroatoms. The van der Waals surface area contributed by atoms with Crippen LogP contribution in [0.15, 0.2) is 0 Å². The van der Waals surface area contributed by atoms with Crippen LogP contribution in [0, 0.1) is 19.7 Å². The van der Waals surface area contributed by atoms with Crippen molar-refractivity contribution in [3.63, 3.8) is 0 Å². The zero-order valence-electron chi connectivity index (χ0n) is 10.2. The number of aryl methyl sites for hydroxylation is 1. The molecule has 0 unspecified atom stereocenters. The summed E-state index contributed by atoms with van der Waals surface area (Å²) in [5, 5.41) is 2.47. The van der Waals surface area contributed by atoms with E-state index in [-0.39, 0.29) is 5.82 Å². The molecule has 0 spiro atoms. The molecule has 1 heterocycles. The molecule has 0 radical (unpaired) electrons. The molecule has 1 rings (SSSR count). The van der Waals surface area contributed by atoms with Crippen LogP contribution in [0.5, 0.6) is 0 Å². The van der Waals surface area contributed by atoms with Gasteiger partial charge in [0, 0.05) is 11.3 Å². The van der Waals surface area contributed by atoms with Gasteiger partial charge in [-0.2, -0.15) is 0 Å². The first-order valence-electron chi connectivity index (χ1n) is 5.05. The van der Waals surface area contributed by atoms with E-state index in [9.17, 15) is 9.18 Å². The number of carbonyl (C=O) groups excluding carboxylic acids is 1. The summed E-state index contributed by atoms with van der Waals surface area (Å²) in [6.45, 7) is 8.48. The molecule has 0 bridgehead atoms. The van der Waals surface area contributed by atoms with E-state index in [1.54, 1.807) is 34.6 Å². The Kier molecular flexibility index (Phi) is 3.26. The second kappa shape index (κ2) is 4.15. The highest BCUT2D eigenvalue weighted by molar-refractivity contribution is 5.84. The summed E-state index contributed by atoms with van der Waals surface area (Å²) >= 11 is 0. The molecule has 16 heavy (non-hydrogen) atoms. The second-order valence-electron chi connectivity index (χ2n) is 4.69. The van der Waals surface area contributed by atoms with Gasteiger partial charge < -0.3 is 9.72 Å². The number of halogens is 1. The fraction of sp³-hybridized carbons (Fsp3) is 0.545. The molecule has 2 N–H and O–H groups in total. The van der Waals surface area contributed by atoms with Gasteiger partial charge in [-0.25, -0.2) is 9.18 Å². The molecule has 0 aliphatic heterocycles. The number of hydrogen-bond donors (Lipinski definition) is 2. The predicted octanol–water partition coefficient (Wildman–Crippen LogP) is 3.12. The number of ether oxygens (including phenoxy) is 1. The van der Waals surface area contributed by atoms with Gasteiger partial charge in [0.05, 0.1) is 0 Å².